The molecule has 3 aromatic rings. The Morgan fingerprint density at radius 1 is 1.14 bits per heavy atom. The molecule has 1 heterocycles. The van der Waals surface area contributed by atoms with E-state index in [0.717, 1.165) is 26.6 Å². The van der Waals surface area contributed by atoms with Crippen LogP contribution in [-0.2, 0) is 7.05 Å². The third-order valence-corrected chi connectivity index (χ3v) is 3.79. The quantitative estimate of drug-likeness (QED) is 0.767. The molecule has 0 atom stereocenters. The lowest BCUT2D eigenvalue weighted by Gasteiger charge is -2.07. The zero-order valence-electron chi connectivity index (χ0n) is 11.7. The number of carbonyl (C=O) groups excluding carboxylic acids is 1. The summed E-state index contributed by atoms with van der Waals surface area (Å²) < 4.78 is 2.63. The van der Waals surface area contributed by atoms with Crippen LogP contribution in [0.1, 0.15) is 16.2 Å². The molecule has 0 aliphatic heterocycles. The summed E-state index contributed by atoms with van der Waals surface area (Å²) in [6.45, 7) is 1.87. The summed E-state index contributed by atoms with van der Waals surface area (Å²) >= 11 is 3.45. The van der Waals surface area contributed by atoms with Gasteiger partial charge in [-0.05, 0) is 48.0 Å². The van der Waals surface area contributed by atoms with Crippen LogP contribution in [0.5, 0.6) is 0 Å². The van der Waals surface area contributed by atoms with Crippen molar-refractivity contribution in [3.05, 3.63) is 58.3 Å². The van der Waals surface area contributed by atoms with Gasteiger partial charge in [0.05, 0.1) is 5.69 Å². The topological polar surface area (TPSA) is 46.9 Å². The molecular weight excluding hydrogens is 330 g/mol. The predicted molar refractivity (Wildman–Crippen MR) is 87.5 cm³/mol. The van der Waals surface area contributed by atoms with Crippen LogP contribution in [-0.4, -0.2) is 15.7 Å². The van der Waals surface area contributed by atoms with Gasteiger partial charge in [0.2, 0.25) is 0 Å². The van der Waals surface area contributed by atoms with Gasteiger partial charge in [-0.3, -0.25) is 9.48 Å². The highest BCUT2D eigenvalue weighted by Gasteiger charge is 2.12. The monoisotopic (exact) mass is 343 g/mol. The average molecular weight is 344 g/mol. The van der Waals surface area contributed by atoms with Crippen LogP contribution in [0.3, 0.4) is 0 Å². The molecule has 5 heteroatoms. The minimum absolute atomic E-state index is 0.158. The van der Waals surface area contributed by atoms with Gasteiger partial charge in [0.25, 0.3) is 5.91 Å². The summed E-state index contributed by atoms with van der Waals surface area (Å²) in [6, 6.07) is 13.7. The van der Waals surface area contributed by atoms with Crippen molar-refractivity contribution in [2.45, 2.75) is 6.92 Å². The van der Waals surface area contributed by atoms with E-state index in [1.807, 2.05) is 43.3 Å². The lowest BCUT2D eigenvalue weighted by molar-refractivity contribution is 0.101. The Hall–Kier alpha value is -2.14. The second-order valence-electron chi connectivity index (χ2n) is 4.95. The Morgan fingerprint density at radius 2 is 1.86 bits per heavy atom. The fraction of sp³-hybridized carbons (Fsp3) is 0.125. The zero-order valence-corrected chi connectivity index (χ0v) is 13.3. The third kappa shape index (κ3) is 2.83. The first-order valence-corrected chi connectivity index (χ1v) is 7.33. The number of benzene rings is 2. The third-order valence-electron chi connectivity index (χ3n) is 3.29. The first-order chi connectivity index (χ1) is 10.0. The Balaban J connectivity index is 1.89. The smallest absolute Gasteiger partial charge is 0.273 e. The number of aryl methyl sites for hydroxylation is 2. The molecule has 0 fully saturated rings. The molecule has 4 nitrogen and oxygen atoms in total. The molecule has 0 bridgehead atoms. The number of nitrogens with zero attached hydrogens (tertiary/aromatic N) is 2. The summed E-state index contributed by atoms with van der Waals surface area (Å²) in [4.78, 5) is 12.3. The molecule has 1 aromatic heterocycles. The van der Waals surface area contributed by atoms with Gasteiger partial charge in [0, 0.05) is 17.2 Å². The SMILES string of the molecule is Cc1cc(C(=O)Nc2ccc3cc(Br)ccc3c2)n(C)n1. The van der Waals surface area contributed by atoms with Gasteiger partial charge in [-0.2, -0.15) is 5.10 Å². The van der Waals surface area contributed by atoms with Crippen LogP contribution in [0, 0.1) is 6.92 Å². The molecule has 0 radical (unpaired) electrons. The summed E-state index contributed by atoms with van der Waals surface area (Å²) in [5.41, 5.74) is 2.14. The first kappa shape index (κ1) is 13.8. The van der Waals surface area contributed by atoms with E-state index >= 15 is 0 Å². The van der Waals surface area contributed by atoms with Crippen molar-refractivity contribution >= 4 is 38.3 Å². The summed E-state index contributed by atoms with van der Waals surface area (Å²) in [6.07, 6.45) is 0. The number of amides is 1. The lowest BCUT2D eigenvalue weighted by Crippen LogP contribution is -2.15. The van der Waals surface area contributed by atoms with Crippen LogP contribution < -0.4 is 5.32 Å². The van der Waals surface area contributed by atoms with E-state index < -0.39 is 0 Å². The highest BCUT2D eigenvalue weighted by Crippen LogP contribution is 2.23. The lowest BCUT2D eigenvalue weighted by atomic mass is 10.1. The van der Waals surface area contributed by atoms with Crippen molar-refractivity contribution in [2.75, 3.05) is 5.32 Å². The first-order valence-electron chi connectivity index (χ1n) is 6.54. The maximum Gasteiger partial charge on any atom is 0.273 e. The molecule has 0 aliphatic carbocycles. The second-order valence-corrected chi connectivity index (χ2v) is 5.87. The number of hydrogen-bond acceptors (Lipinski definition) is 2. The highest BCUT2D eigenvalue weighted by atomic mass is 79.9. The molecule has 0 saturated carbocycles. The van der Waals surface area contributed by atoms with E-state index in [9.17, 15) is 4.79 Å². The molecule has 2 aromatic carbocycles. The molecule has 1 amide bonds. The van der Waals surface area contributed by atoms with E-state index in [0.29, 0.717) is 5.69 Å². The molecule has 3 rings (SSSR count). The van der Waals surface area contributed by atoms with Crippen molar-refractivity contribution in [3.8, 4) is 0 Å². The number of anilines is 1. The number of halogens is 1. The van der Waals surface area contributed by atoms with Crippen LogP contribution >= 0.6 is 15.9 Å². The molecule has 21 heavy (non-hydrogen) atoms. The van der Waals surface area contributed by atoms with Crippen molar-refractivity contribution < 1.29 is 4.79 Å². The number of carbonyl (C=O) groups is 1. The van der Waals surface area contributed by atoms with Crippen molar-refractivity contribution in [1.29, 1.82) is 0 Å². The second kappa shape index (κ2) is 5.33. The molecule has 106 valence electrons. The van der Waals surface area contributed by atoms with Crippen LogP contribution in [0.25, 0.3) is 10.8 Å². The summed E-state index contributed by atoms with van der Waals surface area (Å²) in [7, 11) is 1.76. The van der Waals surface area contributed by atoms with E-state index in [4.69, 9.17) is 0 Å². The van der Waals surface area contributed by atoms with E-state index in [1.54, 1.807) is 17.8 Å². The minimum atomic E-state index is -0.158. The number of fused-ring (bicyclic) bond motifs is 1. The fourth-order valence-corrected chi connectivity index (χ4v) is 2.69. The van der Waals surface area contributed by atoms with Crippen LogP contribution in [0.2, 0.25) is 0 Å². The molecule has 1 N–H and O–H groups in total. The molecule has 0 spiro atoms. The van der Waals surface area contributed by atoms with Gasteiger partial charge in [-0.1, -0.05) is 28.1 Å². The van der Waals surface area contributed by atoms with Gasteiger partial charge in [0.15, 0.2) is 0 Å². The number of aromatic nitrogens is 2. The van der Waals surface area contributed by atoms with Gasteiger partial charge in [-0.15, -0.1) is 0 Å². The normalized spacial score (nSPS) is 10.8. The van der Waals surface area contributed by atoms with Gasteiger partial charge >= 0.3 is 0 Å². The highest BCUT2D eigenvalue weighted by molar-refractivity contribution is 9.10. The number of nitrogens with one attached hydrogen (secondary N) is 1. The van der Waals surface area contributed by atoms with Gasteiger partial charge in [-0.25, -0.2) is 0 Å². The van der Waals surface area contributed by atoms with E-state index in [2.05, 4.69) is 26.3 Å². The summed E-state index contributed by atoms with van der Waals surface area (Å²) in [5, 5.41) is 9.30. The van der Waals surface area contributed by atoms with Gasteiger partial charge in [0.1, 0.15) is 5.69 Å². The fourth-order valence-electron chi connectivity index (χ4n) is 2.31. The van der Waals surface area contributed by atoms with Gasteiger partial charge < -0.3 is 5.32 Å². The van der Waals surface area contributed by atoms with E-state index in [-0.39, 0.29) is 5.91 Å². The standard InChI is InChI=1S/C16H14BrN3O/c1-10-7-15(20(2)19-10)16(21)18-14-6-4-11-8-13(17)5-3-12(11)9-14/h3-9H,1-2H3,(H,18,21). The molecule has 0 saturated heterocycles. The maximum atomic E-state index is 12.3. The largest absolute Gasteiger partial charge is 0.321 e. The van der Waals surface area contributed by atoms with Crippen molar-refractivity contribution in [3.63, 3.8) is 0 Å². The molecular formula is C16H14BrN3O. The molecule has 0 unspecified atom stereocenters. The Kier molecular flexibility index (Phi) is 3.51. The number of rotatable bonds is 2. The van der Waals surface area contributed by atoms with Crippen LogP contribution in [0.15, 0.2) is 46.9 Å². The maximum absolute atomic E-state index is 12.3. The predicted octanol–water partition coefficient (Wildman–Crippen LogP) is 3.90. The Morgan fingerprint density at radius 3 is 2.57 bits per heavy atom. The molecule has 0 aliphatic rings. The van der Waals surface area contributed by atoms with Crippen molar-refractivity contribution in [2.24, 2.45) is 7.05 Å². The zero-order chi connectivity index (χ0) is 15.0. The number of hydrogen-bond donors (Lipinski definition) is 1. The minimum Gasteiger partial charge on any atom is -0.321 e. The summed E-state index contributed by atoms with van der Waals surface area (Å²) in [5.74, 6) is -0.158. The van der Waals surface area contributed by atoms with Crippen molar-refractivity contribution in [1.82, 2.24) is 9.78 Å². The Labute approximate surface area is 130 Å². The van der Waals surface area contributed by atoms with Crippen LogP contribution in [0.4, 0.5) is 5.69 Å². The Bertz CT molecular complexity index is 839. The van der Waals surface area contributed by atoms with E-state index in [1.165, 1.54) is 0 Å². The average Bonchev–Trinajstić information content (AvgIpc) is 2.78.